The van der Waals surface area contributed by atoms with Gasteiger partial charge >= 0.3 is 0 Å². The van der Waals surface area contributed by atoms with Crippen molar-refractivity contribution in [3.63, 3.8) is 0 Å². The van der Waals surface area contributed by atoms with Crippen LogP contribution in [0.15, 0.2) is 42.5 Å². The van der Waals surface area contributed by atoms with Crippen LogP contribution in [0.5, 0.6) is 0 Å². The van der Waals surface area contributed by atoms with Crippen molar-refractivity contribution in [1.82, 2.24) is 0 Å². The summed E-state index contributed by atoms with van der Waals surface area (Å²) in [6.07, 6.45) is 1.02. The van der Waals surface area contributed by atoms with Crippen LogP contribution >= 0.6 is 0 Å². The summed E-state index contributed by atoms with van der Waals surface area (Å²) in [5.41, 5.74) is 3.87. The van der Waals surface area contributed by atoms with Gasteiger partial charge in [-0.2, -0.15) is 0 Å². The van der Waals surface area contributed by atoms with Gasteiger partial charge in [0.2, 0.25) is 0 Å². The standard InChI is InChI=1S/C16H18FN/c1-4-13-8-10-14(11-9-13)18(3)16-12(2)6-5-7-15(16)17/h5-11H,4H2,1-3H3. The SMILES string of the molecule is CCc1ccc(N(C)c2c(C)cccc2F)cc1. The van der Waals surface area contributed by atoms with Crippen LogP contribution in [0.4, 0.5) is 15.8 Å². The van der Waals surface area contributed by atoms with Crippen LogP contribution in [0, 0.1) is 12.7 Å². The minimum atomic E-state index is -0.183. The van der Waals surface area contributed by atoms with E-state index in [0.717, 1.165) is 17.7 Å². The lowest BCUT2D eigenvalue weighted by Crippen LogP contribution is -2.12. The second-order valence-corrected chi connectivity index (χ2v) is 4.48. The number of anilines is 2. The Labute approximate surface area is 108 Å². The summed E-state index contributed by atoms with van der Waals surface area (Å²) in [7, 11) is 1.90. The lowest BCUT2D eigenvalue weighted by molar-refractivity contribution is 0.626. The molecule has 0 radical (unpaired) electrons. The zero-order chi connectivity index (χ0) is 13.1. The third-order valence-electron chi connectivity index (χ3n) is 3.26. The fourth-order valence-electron chi connectivity index (χ4n) is 2.13. The largest absolute Gasteiger partial charge is 0.342 e. The van der Waals surface area contributed by atoms with E-state index < -0.39 is 0 Å². The van der Waals surface area contributed by atoms with Crippen molar-refractivity contribution in [3.8, 4) is 0 Å². The maximum atomic E-state index is 13.9. The average molecular weight is 243 g/mol. The molecule has 0 fully saturated rings. The van der Waals surface area contributed by atoms with Crippen molar-refractivity contribution in [1.29, 1.82) is 0 Å². The summed E-state index contributed by atoms with van der Waals surface area (Å²) < 4.78 is 13.9. The predicted molar refractivity (Wildman–Crippen MR) is 75.0 cm³/mol. The van der Waals surface area contributed by atoms with Gasteiger partial charge in [-0.05, 0) is 42.7 Å². The topological polar surface area (TPSA) is 3.24 Å². The molecule has 0 N–H and O–H groups in total. The Hall–Kier alpha value is -1.83. The highest BCUT2D eigenvalue weighted by Gasteiger charge is 2.11. The van der Waals surface area contributed by atoms with Crippen LogP contribution in [0.25, 0.3) is 0 Å². The molecule has 0 heterocycles. The van der Waals surface area contributed by atoms with E-state index in [4.69, 9.17) is 0 Å². The minimum Gasteiger partial charge on any atom is -0.342 e. The summed E-state index contributed by atoms with van der Waals surface area (Å²) in [4.78, 5) is 1.89. The van der Waals surface area contributed by atoms with Crippen molar-refractivity contribution >= 4 is 11.4 Å². The first-order valence-corrected chi connectivity index (χ1v) is 6.21. The molecule has 0 aromatic heterocycles. The summed E-state index contributed by atoms with van der Waals surface area (Å²) >= 11 is 0. The summed E-state index contributed by atoms with van der Waals surface area (Å²) in [5, 5.41) is 0. The highest BCUT2D eigenvalue weighted by molar-refractivity contribution is 5.66. The van der Waals surface area contributed by atoms with Gasteiger partial charge in [0.1, 0.15) is 5.82 Å². The van der Waals surface area contributed by atoms with Crippen molar-refractivity contribution in [3.05, 3.63) is 59.4 Å². The van der Waals surface area contributed by atoms with Gasteiger partial charge in [-0.15, -0.1) is 0 Å². The molecule has 0 spiro atoms. The Bertz CT molecular complexity index is 511. The molecule has 18 heavy (non-hydrogen) atoms. The highest BCUT2D eigenvalue weighted by atomic mass is 19.1. The Morgan fingerprint density at radius 3 is 2.28 bits per heavy atom. The van der Waals surface area contributed by atoms with E-state index in [1.807, 2.05) is 37.1 Å². The van der Waals surface area contributed by atoms with Crippen LogP contribution in [0.1, 0.15) is 18.1 Å². The number of aryl methyl sites for hydroxylation is 2. The van der Waals surface area contributed by atoms with Gasteiger partial charge in [-0.3, -0.25) is 0 Å². The maximum Gasteiger partial charge on any atom is 0.147 e. The zero-order valence-corrected chi connectivity index (χ0v) is 11.1. The summed E-state index contributed by atoms with van der Waals surface area (Å²) in [6, 6.07) is 13.4. The Kier molecular flexibility index (Phi) is 3.66. The minimum absolute atomic E-state index is 0.183. The van der Waals surface area contributed by atoms with Crippen molar-refractivity contribution in [2.45, 2.75) is 20.3 Å². The molecule has 0 aliphatic carbocycles. The number of para-hydroxylation sites is 1. The van der Waals surface area contributed by atoms with E-state index in [0.29, 0.717) is 5.69 Å². The fourth-order valence-corrected chi connectivity index (χ4v) is 2.13. The molecule has 0 aliphatic heterocycles. The molecule has 0 saturated carbocycles. The zero-order valence-electron chi connectivity index (χ0n) is 11.1. The number of benzene rings is 2. The number of hydrogen-bond donors (Lipinski definition) is 0. The van der Waals surface area contributed by atoms with Gasteiger partial charge in [0, 0.05) is 12.7 Å². The van der Waals surface area contributed by atoms with Gasteiger partial charge in [0.05, 0.1) is 5.69 Å². The first-order valence-electron chi connectivity index (χ1n) is 6.21. The first-order chi connectivity index (χ1) is 8.63. The van der Waals surface area contributed by atoms with E-state index in [2.05, 4.69) is 19.1 Å². The summed E-state index contributed by atoms with van der Waals surface area (Å²) in [5.74, 6) is -0.183. The van der Waals surface area contributed by atoms with E-state index in [9.17, 15) is 4.39 Å². The van der Waals surface area contributed by atoms with Crippen molar-refractivity contribution < 1.29 is 4.39 Å². The molecule has 0 unspecified atom stereocenters. The molecular weight excluding hydrogens is 225 g/mol. The van der Waals surface area contributed by atoms with E-state index in [1.165, 1.54) is 11.6 Å². The van der Waals surface area contributed by atoms with E-state index in [-0.39, 0.29) is 5.82 Å². The third-order valence-corrected chi connectivity index (χ3v) is 3.26. The van der Waals surface area contributed by atoms with Crippen molar-refractivity contribution in [2.24, 2.45) is 0 Å². The number of nitrogens with zero attached hydrogens (tertiary/aromatic N) is 1. The normalized spacial score (nSPS) is 10.4. The molecule has 2 heteroatoms. The van der Waals surface area contributed by atoms with Gasteiger partial charge in [-0.25, -0.2) is 4.39 Å². The Morgan fingerprint density at radius 2 is 1.72 bits per heavy atom. The molecule has 0 aliphatic rings. The quantitative estimate of drug-likeness (QED) is 0.769. The molecular formula is C16H18FN. The summed E-state index contributed by atoms with van der Waals surface area (Å²) in [6.45, 7) is 4.05. The molecule has 94 valence electrons. The molecule has 0 saturated heterocycles. The smallest absolute Gasteiger partial charge is 0.147 e. The van der Waals surface area contributed by atoms with E-state index in [1.54, 1.807) is 6.07 Å². The molecule has 0 atom stereocenters. The highest BCUT2D eigenvalue weighted by Crippen LogP contribution is 2.29. The van der Waals surface area contributed by atoms with E-state index >= 15 is 0 Å². The molecule has 0 bridgehead atoms. The van der Waals surface area contributed by atoms with Gasteiger partial charge in [0.25, 0.3) is 0 Å². The van der Waals surface area contributed by atoms with Crippen LogP contribution in [-0.2, 0) is 6.42 Å². The molecule has 0 amide bonds. The average Bonchev–Trinajstić information content (AvgIpc) is 2.38. The molecule has 2 aromatic carbocycles. The fraction of sp³-hybridized carbons (Fsp3) is 0.250. The lowest BCUT2D eigenvalue weighted by atomic mass is 10.1. The molecule has 2 rings (SSSR count). The lowest BCUT2D eigenvalue weighted by Gasteiger charge is -2.22. The van der Waals surface area contributed by atoms with Gasteiger partial charge in [-0.1, -0.05) is 31.2 Å². The van der Waals surface area contributed by atoms with Crippen LogP contribution in [0.3, 0.4) is 0 Å². The predicted octanol–water partition coefficient (Wildman–Crippen LogP) is 4.46. The number of rotatable bonds is 3. The van der Waals surface area contributed by atoms with Crippen LogP contribution in [0.2, 0.25) is 0 Å². The Morgan fingerprint density at radius 1 is 1.06 bits per heavy atom. The second-order valence-electron chi connectivity index (χ2n) is 4.48. The second kappa shape index (κ2) is 5.21. The van der Waals surface area contributed by atoms with Crippen LogP contribution in [-0.4, -0.2) is 7.05 Å². The van der Waals surface area contributed by atoms with Gasteiger partial charge in [0.15, 0.2) is 0 Å². The first kappa shape index (κ1) is 12.6. The maximum absolute atomic E-state index is 13.9. The molecule has 1 nitrogen and oxygen atoms in total. The van der Waals surface area contributed by atoms with Crippen LogP contribution < -0.4 is 4.90 Å². The number of hydrogen-bond acceptors (Lipinski definition) is 1. The monoisotopic (exact) mass is 243 g/mol. The molecule has 2 aromatic rings. The van der Waals surface area contributed by atoms with Gasteiger partial charge < -0.3 is 4.90 Å². The Balaban J connectivity index is 2.38. The third kappa shape index (κ3) is 2.37. The van der Waals surface area contributed by atoms with Crippen molar-refractivity contribution in [2.75, 3.05) is 11.9 Å². The number of halogens is 1.